The summed E-state index contributed by atoms with van der Waals surface area (Å²) in [4.78, 5) is 26.1. The molecule has 2 aromatic rings. The molecule has 0 saturated heterocycles. The third-order valence-electron chi connectivity index (χ3n) is 4.78. The van der Waals surface area contributed by atoms with Crippen LogP contribution >= 0.6 is 11.3 Å². The highest BCUT2D eigenvalue weighted by atomic mass is 32.1. The molecule has 1 aliphatic carbocycles. The number of nitrogens with one attached hydrogen (secondary N) is 1. The number of anilines is 1. The van der Waals surface area contributed by atoms with E-state index in [1.165, 1.54) is 16.2 Å². The molecule has 0 fully saturated rings. The molecule has 0 bridgehead atoms. The number of fused-ring (bicyclic) bond motifs is 1. The number of aryl methyl sites for hydroxylation is 1. The Bertz CT molecular complexity index is 844. The Hall–Kier alpha value is -2.54. The Morgan fingerprint density at radius 1 is 1.10 bits per heavy atom. The topological polar surface area (TPSA) is 73.9 Å². The van der Waals surface area contributed by atoms with Gasteiger partial charge in [-0.25, -0.2) is 4.79 Å². The number of thiophene rings is 1. The molecule has 156 valence electrons. The second kappa shape index (κ2) is 10.3. The molecule has 0 aliphatic heterocycles. The maximum Gasteiger partial charge on any atom is 0.341 e. The highest BCUT2D eigenvalue weighted by Gasteiger charge is 2.27. The van der Waals surface area contributed by atoms with Crippen LogP contribution in [0.5, 0.6) is 11.5 Å². The van der Waals surface area contributed by atoms with Crippen LogP contribution < -0.4 is 14.8 Å². The number of hydrogen-bond donors (Lipinski definition) is 1. The normalized spacial score (nSPS) is 12.8. The molecule has 0 saturated carbocycles. The minimum atomic E-state index is -0.343. The van der Waals surface area contributed by atoms with Crippen molar-refractivity contribution in [2.24, 2.45) is 0 Å². The van der Waals surface area contributed by atoms with Crippen molar-refractivity contribution in [2.45, 2.75) is 45.4 Å². The van der Waals surface area contributed by atoms with Gasteiger partial charge in [-0.1, -0.05) is 0 Å². The lowest BCUT2D eigenvalue weighted by Crippen LogP contribution is -2.16. The average molecular weight is 418 g/mol. The third-order valence-corrected chi connectivity index (χ3v) is 5.99. The Balaban J connectivity index is 1.54. The van der Waals surface area contributed by atoms with Crippen molar-refractivity contribution in [3.8, 4) is 11.5 Å². The molecule has 0 atom stereocenters. The van der Waals surface area contributed by atoms with E-state index in [9.17, 15) is 9.59 Å². The van der Waals surface area contributed by atoms with Crippen LogP contribution in [-0.2, 0) is 22.4 Å². The summed E-state index contributed by atoms with van der Waals surface area (Å²) in [5.74, 6) is 1.05. The van der Waals surface area contributed by atoms with Gasteiger partial charge in [0.15, 0.2) is 0 Å². The number of rotatable bonds is 9. The van der Waals surface area contributed by atoms with Crippen molar-refractivity contribution in [3.05, 3.63) is 40.3 Å². The first-order valence-electron chi connectivity index (χ1n) is 10.0. The summed E-state index contributed by atoms with van der Waals surface area (Å²) in [6, 6.07) is 7.33. The fraction of sp³-hybridized carbons (Fsp3) is 0.455. The quantitative estimate of drug-likeness (QED) is 0.476. The number of hydrogen-bond acceptors (Lipinski definition) is 6. The van der Waals surface area contributed by atoms with Gasteiger partial charge in [0.05, 0.1) is 25.9 Å². The van der Waals surface area contributed by atoms with Crippen molar-refractivity contribution in [2.75, 3.05) is 25.6 Å². The molecular formula is C22H27NO5S. The minimum Gasteiger partial charge on any atom is -0.497 e. The maximum atomic E-state index is 12.4. The fourth-order valence-corrected chi connectivity index (χ4v) is 4.65. The molecule has 6 nitrogen and oxygen atoms in total. The van der Waals surface area contributed by atoms with Crippen LogP contribution in [0.4, 0.5) is 5.00 Å². The largest absolute Gasteiger partial charge is 0.497 e. The zero-order valence-electron chi connectivity index (χ0n) is 16.9. The van der Waals surface area contributed by atoms with Crippen molar-refractivity contribution in [1.29, 1.82) is 0 Å². The lowest BCUT2D eigenvalue weighted by atomic mass is 9.95. The maximum absolute atomic E-state index is 12.4. The van der Waals surface area contributed by atoms with Crippen LogP contribution in [0.3, 0.4) is 0 Å². The van der Waals surface area contributed by atoms with Gasteiger partial charge < -0.3 is 19.5 Å². The van der Waals surface area contributed by atoms with Crippen LogP contribution in [0.15, 0.2) is 24.3 Å². The van der Waals surface area contributed by atoms with Gasteiger partial charge in [-0.3, -0.25) is 4.79 Å². The zero-order valence-corrected chi connectivity index (χ0v) is 17.7. The van der Waals surface area contributed by atoms with E-state index < -0.39 is 0 Å². The van der Waals surface area contributed by atoms with Crippen LogP contribution in [0, 0.1) is 0 Å². The second-order valence-electron chi connectivity index (χ2n) is 6.81. The van der Waals surface area contributed by atoms with E-state index >= 15 is 0 Å². The highest BCUT2D eigenvalue weighted by molar-refractivity contribution is 7.17. The van der Waals surface area contributed by atoms with Crippen LogP contribution in [0.25, 0.3) is 0 Å². The molecule has 1 heterocycles. The van der Waals surface area contributed by atoms with Gasteiger partial charge in [0, 0.05) is 11.3 Å². The first-order chi connectivity index (χ1) is 14.1. The number of esters is 1. The molecule has 0 unspecified atom stereocenters. The van der Waals surface area contributed by atoms with E-state index in [-0.39, 0.29) is 11.9 Å². The summed E-state index contributed by atoms with van der Waals surface area (Å²) in [6.45, 7) is 2.54. The van der Waals surface area contributed by atoms with Gasteiger partial charge in [-0.2, -0.15) is 0 Å². The molecule has 1 aromatic carbocycles. The first kappa shape index (κ1) is 21.2. The summed E-state index contributed by atoms with van der Waals surface area (Å²) in [7, 11) is 1.62. The van der Waals surface area contributed by atoms with Gasteiger partial charge in [-0.05, 0) is 68.9 Å². The number of methoxy groups -OCH3 is 1. The number of amides is 1. The molecular weight excluding hydrogens is 390 g/mol. The summed E-state index contributed by atoms with van der Waals surface area (Å²) in [5, 5.41) is 3.55. The molecule has 29 heavy (non-hydrogen) atoms. The lowest BCUT2D eigenvalue weighted by molar-refractivity contribution is -0.116. The van der Waals surface area contributed by atoms with E-state index in [0.29, 0.717) is 36.6 Å². The van der Waals surface area contributed by atoms with Gasteiger partial charge in [0.1, 0.15) is 16.5 Å². The van der Waals surface area contributed by atoms with Crippen LogP contribution in [0.1, 0.15) is 53.4 Å². The Labute approximate surface area is 175 Å². The number of benzene rings is 1. The van der Waals surface area contributed by atoms with E-state index in [4.69, 9.17) is 14.2 Å². The van der Waals surface area contributed by atoms with E-state index in [2.05, 4.69) is 5.32 Å². The van der Waals surface area contributed by atoms with E-state index in [0.717, 1.165) is 42.7 Å². The molecule has 3 rings (SSSR count). The van der Waals surface area contributed by atoms with Crippen LogP contribution in [-0.4, -0.2) is 32.2 Å². The van der Waals surface area contributed by atoms with E-state index in [1.807, 2.05) is 24.3 Å². The zero-order chi connectivity index (χ0) is 20.6. The first-order valence-corrected chi connectivity index (χ1v) is 10.8. The van der Waals surface area contributed by atoms with Gasteiger partial charge >= 0.3 is 5.97 Å². The third kappa shape index (κ3) is 5.50. The van der Waals surface area contributed by atoms with Crippen molar-refractivity contribution in [1.82, 2.24) is 0 Å². The molecule has 1 amide bonds. The van der Waals surface area contributed by atoms with Gasteiger partial charge in [0.25, 0.3) is 0 Å². The minimum absolute atomic E-state index is 0.118. The molecule has 0 spiro atoms. The van der Waals surface area contributed by atoms with Crippen molar-refractivity contribution >= 4 is 28.2 Å². The van der Waals surface area contributed by atoms with Crippen LogP contribution in [0.2, 0.25) is 0 Å². The molecule has 0 radical (unpaired) electrons. The predicted molar refractivity (Wildman–Crippen MR) is 113 cm³/mol. The number of carbonyl (C=O) groups excluding carboxylic acids is 2. The molecule has 1 N–H and O–H groups in total. The van der Waals surface area contributed by atoms with Crippen molar-refractivity contribution < 1.29 is 23.8 Å². The lowest BCUT2D eigenvalue weighted by Gasteiger charge is -2.12. The summed E-state index contributed by atoms with van der Waals surface area (Å²) >= 11 is 1.51. The summed E-state index contributed by atoms with van der Waals surface area (Å²) in [5.41, 5.74) is 1.60. The number of ether oxygens (including phenoxy) is 3. The van der Waals surface area contributed by atoms with Gasteiger partial charge in [-0.15, -0.1) is 11.3 Å². The predicted octanol–water partition coefficient (Wildman–Crippen LogP) is 4.61. The Kier molecular flexibility index (Phi) is 7.52. The Morgan fingerprint density at radius 2 is 1.83 bits per heavy atom. The summed E-state index contributed by atoms with van der Waals surface area (Å²) < 4.78 is 16.0. The average Bonchev–Trinajstić information content (AvgIpc) is 3.09. The Morgan fingerprint density at radius 3 is 2.55 bits per heavy atom. The summed E-state index contributed by atoms with van der Waals surface area (Å²) in [6.07, 6.45) is 4.90. The SMILES string of the molecule is CCOC(=O)c1c(NC(=O)CCCOc2ccc(OC)cc2)sc2c1CCCC2. The fourth-order valence-electron chi connectivity index (χ4n) is 3.36. The van der Waals surface area contributed by atoms with Gasteiger partial charge in [0.2, 0.25) is 5.91 Å². The number of carbonyl (C=O) groups is 2. The second-order valence-corrected chi connectivity index (χ2v) is 7.92. The molecule has 1 aromatic heterocycles. The van der Waals surface area contributed by atoms with E-state index in [1.54, 1.807) is 14.0 Å². The van der Waals surface area contributed by atoms with Crippen molar-refractivity contribution in [3.63, 3.8) is 0 Å². The smallest absolute Gasteiger partial charge is 0.341 e. The highest BCUT2D eigenvalue weighted by Crippen LogP contribution is 2.38. The molecule has 1 aliphatic rings. The molecule has 7 heteroatoms. The standard InChI is InChI=1S/C22H27NO5S/c1-3-27-22(25)20-17-7-4-5-8-18(17)29-21(20)23-19(24)9-6-14-28-16-12-10-15(26-2)11-13-16/h10-13H,3-9,14H2,1-2H3,(H,23,24). The monoisotopic (exact) mass is 417 g/mol.